The van der Waals surface area contributed by atoms with E-state index in [0.29, 0.717) is 0 Å². The van der Waals surface area contributed by atoms with E-state index in [1.165, 1.54) is 12.1 Å². The van der Waals surface area contributed by atoms with E-state index in [1.807, 2.05) is 23.6 Å². The summed E-state index contributed by atoms with van der Waals surface area (Å²) < 4.78 is 15.9. The third kappa shape index (κ3) is 4.66. The largest absolute Gasteiger partial charge is 0.481 e. The third-order valence-corrected chi connectivity index (χ3v) is 5.79. The van der Waals surface area contributed by atoms with Crippen molar-refractivity contribution in [3.8, 4) is 5.69 Å². The van der Waals surface area contributed by atoms with Gasteiger partial charge in [0.05, 0.1) is 11.0 Å². The quantitative estimate of drug-likeness (QED) is 0.475. The molecule has 3 rings (SSSR count). The lowest BCUT2D eigenvalue weighted by molar-refractivity contribution is -0.138. The van der Waals surface area contributed by atoms with Crippen LogP contribution in [0.5, 0.6) is 0 Å². The fraction of sp³-hybridized carbons (Fsp3) is 0.417. The highest BCUT2D eigenvalue weighted by molar-refractivity contribution is 5.78. The summed E-state index contributed by atoms with van der Waals surface area (Å²) in [5.74, 6) is 0.159. The molecular formula is C24H29FN2O2. The van der Waals surface area contributed by atoms with Gasteiger partial charge in [0.25, 0.3) is 0 Å². The number of unbranched alkanes of at least 4 members (excludes halogenated alkanes) is 1. The van der Waals surface area contributed by atoms with Crippen LogP contribution in [0, 0.1) is 11.7 Å². The number of carboxylic acid groups (broad SMARTS) is 1. The molecule has 1 heterocycles. The van der Waals surface area contributed by atoms with Crippen molar-refractivity contribution in [2.75, 3.05) is 0 Å². The Labute approximate surface area is 171 Å². The summed E-state index contributed by atoms with van der Waals surface area (Å²) in [6, 6.07) is 12.9. The van der Waals surface area contributed by atoms with Crippen LogP contribution in [0.25, 0.3) is 16.7 Å². The van der Waals surface area contributed by atoms with Gasteiger partial charge in [0.1, 0.15) is 11.6 Å². The predicted molar refractivity (Wildman–Crippen MR) is 114 cm³/mol. The average Bonchev–Trinajstić information content (AvgIpc) is 3.07. The second kappa shape index (κ2) is 9.21. The van der Waals surface area contributed by atoms with Crippen molar-refractivity contribution >= 4 is 17.0 Å². The van der Waals surface area contributed by atoms with Crippen LogP contribution in [-0.4, -0.2) is 20.6 Å². The molecule has 1 N–H and O–H groups in total. The van der Waals surface area contributed by atoms with Gasteiger partial charge < -0.3 is 5.11 Å². The molecule has 154 valence electrons. The summed E-state index contributed by atoms with van der Waals surface area (Å²) in [6.45, 7) is 6.26. The predicted octanol–water partition coefficient (Wildman–Crippen LogP) is 6.11. The molecule has 4 nitrogen and oxygen atoms in total. The van der Waals surface area contributed by atoms with Gasteiger partial charge in [-0.15, -0.1) is 0 Å². The number of imidazole rings is 1. The fourth-order valence-corrected chi connectivity index (χ4v) is 3.99. The van der Waals surface area contributed by atoms with Crippen molar-refractivity contribution in [2.24, 2.45) is 5.92 Å². The molecule has 0 bridgehead atoms. The number of halogens is 1. The number of rotatable bonds is 9. The number of aliphatic carboxylic acids is 1. The standard InChI is InChI=1S/C24H29FN2O2/c1-4-6-7-23-26-21-13-10-19(25)15-22(21)27(23)20-11-8-18(9-12-20)16(3)17(5-2)14-24(28)29/h8-13,15-17H,4-7,14H2,1-3H3,(H,28,29). The maximum atomic E-state index is 13.9. The molecule has 2 aromatic carbocycles. The lowest BCUT2D eigenvalue weighted by Gasteiger charge is -2.22. The number of carboxylic acids is 1. The van der Waals surface area contributed by atoms with Crippen molar-refractivity contribution in [1.29, 1.82) is 0 Å². The molecule has 2 unspecified atom stereocenters. The minimum Gasteiger partial charge on any atom is -0.481 e. The maximum absolute atomic E-state index is 13.9. The van der Waals surface area contributed by atoms with Gasteiger partial charge in [0, 0.05) is 24.6 Å². The number of hydrogen-bond donors (Lipinski definition) is 1. The lowest BCUT2D eigenvalue weighted by atomic mass is 9.83. The Balaban J connectivity index is 1.97. The minimum atomic E-state index is -0.757. The first-order valence-electron chi connectivity index (χ1n) is 10.4. The molecule has 29 heavy (non-hydrogen) atoms. The topological polar surface area (TPSA) is 55.1 Å². The molecule has 5 heteroatoms. The zero-order valence-corrected chi connectivity index (χ0v) is 17.4. The summed E-state index contributed by atoms with van der Waals surface area (Å²) in [5, 5.41) is 9.16. The van der Waals surface area contributed by atoms with Crippen molar-refractivity contribution in [3.63, 3.8) is 0 Å². The van der Waals surface area contributed by atoms with Gasteiger partial charge in [-0.2, -0.15) is 0 Å². The normalized spacial score (nSPS) is 13.5. The molecule has 0 fully saturated rings. The van der Waals surface area contributed by atoms with E-state index in [4.69, 9.17) is 10.1 Å². The van der Waals surface area contributed by atoms with Crippen LogP contribution >= 0.6 is 0 Å². The van der Waals surface area contributed by atoms with Gasteiger partial charge in [0.2, 0.25) is 0 Å². The maximum Gasteiger partial charge on any atom is 0.303 e. The Bertz CT molecular complexity index is 978. The zero-order chi connectivity index (χ0) is 21.0. The Morgan fingerprint density at radius 1 is 1.17 bits per heavy atom. The van der Waals surface area contributed by atoms with Crippen molar-refractivity contribution in [1.82, 2.24) is 9.55 Å². The van der Waals surface area contributed by atoms with Gasteiger partial charge in [-0.3, -0.25) is 9.36 Å². The Hall–Kier alpha value is -2.69. The van der Waals surface area contributed by atoms with E-state index in [9.17, 15) is 9.18 Å². The molecule has 0 aliphatic rings. The van der Waals surface area contributed by atoms with Crippen LogP contribution in [0.1, 0.15) is 63.8 Å². The van der Waals surface area contributed by atoms with Crippen LogP contribution < -0.4 is 0 Å². The summed E-state index contributed by atoms with van der Waals surface area (Å²) in [4.78, 5) is 15.9. The van der Waals surface area contributed by atoms with Gasteiger partial charge in [-0.1, -0.05) is 45.7 Å². The summed E-state index contributed by atoms with van der Waals surface area (Å²) in [5.41, 5.74) is 3.63. The highest BCUT2D eigenvalue weighted by Crippen LogP contribution is 2.31. The van der Waals surface area contributed by atoms with Gasteiger partial charge in [-0.05, 0) is 48.1 Å². The van der Waals surface area contributed by atoms with Crippen LogP contribution in [0.15, 0.2) is 42.5 Å². The Morgan fingerprint density at radius 2 is 1.90 bits per heavy atom. The molecule has 0 radical (unpaired) electrons. The summed E-state index contributed by atoms with van der Waals surface area (Å²) in [7, 11) is 0. The molecule has 0 spiro atoms. The molecule has 3 aromatic rings. The summed E-state index contributed by atoms with van der Waals surface area (Å²) >= 11 is 0. The molecule has 0 aliphatic carbocycles. The molecular weight excluding hydrogens is 367 g/mol. The second-order valence-corrected chi connectivity index (χ2v) is 7.75. The van der Waals surface area contributed by atoms with Gasteiger partial charge in [0.15, 0.2) is 0 Å². The molecule has 2 atom stereocenters. The van der Waals surface area contributed by atoms with Gasteiger partial charge >= 0.3 is 5.97 Å². The highest BCUT2D eigenvalue weighted by atomic mass is 19.1. The first kappa shape index (κ1) is 21.0. The number of carbonyl (C=O) groups is 1. The number of aryl methyl sites for hydroxylation is 1. The Kier molecular flexibility index (Phi) is 6.68. The smallest absolute Gasteiger partial charge is 0.303 e. The number of hydrogen-bond acceptors (Lipinski definition) is 2. The van der Waals surface area contributed by atoms with E-state index < -0.39 is 5.97 Å². The lowest BCUT2D eigenvalue weighted by Crippen LogP contribution is -2.14. The Morgan fingerprint density at radius 3 is 2.52 bits per heavy atom. The van der Waals surface area contributed by atoms with E-state index in [-0.39, 0.29) is 24.1 Å². The van der Waals surface area contributed by atoms with Gasteiger partial charge in [-0.25, -0.2) is 9.37 Å². The first-order chi connectivity index (χ1) is 13.9. The molecule has 1 aromatic heterocycles. The number of aromatic nitrogens is 2. The van der Waals surface area contributed by atoms with Crippen LogP contribution in [-0.2, 0) is 11.2 Å². The van der Waals surface area contributed by atoms with E-state index in [0.717, 1.165) is 53.8 Å². The SMILES string of the molecule is CCCCc1nc2ccc(F)cc2n1-c1ccc(C(C)C(CC)CC(=O)O)cc1. The van der Waals surface area contributed by atoms with E-state index in [1.54, 1.807) is 6.07 Å². The molecule has 0 saturated carbocycles. The highest BCUT2D eigenvalue weighted by Gasteiger charge is 2.20. The van der Waals surface area contributed by atoms with Crippen LogP contribution in [0.4, 0.5) is 4.39 Å². The minimum absolute atomic E-state index is 0.0987. The monoisotopic (exact) mass is 396 g/mol. The van der Waals surface area contributed by atoms with Crippen LogP contribution in [0.3, 0.4) is 0 Å². The molecule has 0 amide bonds. The number of fused-ring (bicyclic) bond motifs is 1. The fourth-order valence-electron chi connectivity index (χ4n) is 3.99. The van der Waals surface area contributed by atoms with E-state index in [2.05, 4.69) is 26.0 Å². The van der Waals surface area contributed by atoms with Crippen molar-refractivity contribution < 1.29 is 14.3 Å². The second-order valence-electron chi connectivity index (χ2n) is 7.75. The third-order valence-electron chi connectivity index (χ3n) is 5.79. The zero-order valence-electron chi connectivity index (χ0n) is 17.4. The van der Waals surface area contributed by atoms with Crippen molar-refractivity contribution in [3.05, 3.63) is 59.7 Å². The van der Waals surface area contributed by atoms with Crippen molar-refractivity contribution in [2.45, 2.75) is 58.8 Å². The molecule has 0 aliphatic heterocycles. The average molecular weight is 397 g/mol. The first-order valence-corrected chi connectivity index (χ1v) is 10.4. The van der Waals surface area contributed by atoms with E-state index >= 15 is 0 Å². The number of benzene rings is 2. The van der Waals surface area contributed by atoms with Crippen LogP contribution in [0.2, 0.25) is 0 Å². The summed E-state index contributed by atoms with van der Waals surface area (Å²) in [6.07, 6.45) is 3.92. The number of nitrogens with zero attached hydrogens (tertiary/aromatic N) is 2. The molecule has 0 saturated heterocycles.